The van der Waals surface area contributed by atoms with E-state index in [0.717, 1.165) is 12.1 Å². The predicted molar refractivity (Wildman–Crippen MR) is 77.1 cm³/mol. The smallest absolute Gasteiger partial charge is 0.337 e. The van der Waals surface area contributed by atoms with E-state index in [1.54, 1.807) is 10.9 Å². The van der Waals surface area contributed by atoms with Crippen LogP contribution < -0.4 is 4.72 Å². The Labute approximate surface area is 126 Å². The number of halogens is 1. The molecular formula is C12H12ClN3O4S. The summed E-state index contributed by atoms with van der Waals surface area (Å²) in [6.45, 7) is 2.48. The maximum atomic E-state index is 12.2. The maximum absolute atomic E-state index is 12.2. The van der Waals surface area contributed by atoms with Gasteiger partial charge in [-0.2, -0.15) is 5.10 Å². The molecule has 21 heavy (non-hydrogen) atoms. The van der Waals surface area contributed by atoms with Crippen LogP contribution in [0.3, 0.4) is 0 Å². The molecule has 0 aliphatic carbocycles. The van der Waals surface area contributed by atoms with Crippen LogP contribution in [0.15, 0.2) is 35.5 Å². The zero-order chi connectivity index (χ0) is 15.6. The van der Waals surface area contributed by atoms with Gasteiger partial charge in [-0.05, 0) is 25.1 Å². The zero-order valence-electron chi connectivity index (χ0n) is 10.9. The lowest BCUT2D eigenvalue weighted by Crippen LogP contribution is -2.13. The van der Waals surface area contributed by atoms with Crippen LogP contribution >= 0.6 is 11.6 Å². The molecule has 2 aromatic rings. The lowest BCUT2D eigenvalue weighted by molar-refractivity contribution is 0.0697. The summed E-state index contributed by atoms with van der Waals surface area (Å²) < 4.78 is 28.3. The highest BCUT2D eigenvalue weighted by atomic mass is 35.5. The molecule has 0 radical (unpaired) electrons. The third kappa shape index (κ3) is 3.34. The molecule has 1 heterocycles. The Morgan fingerprint density at radius 3 is 2.71 bits per heavy atom. The molecule has 2 rings (SSSR count). The summed E-state index contributed by atoms with van der Waals surface area (Å²) in [7, 11) is -3.85. The minimum Gasteiger partial charge on any atom is -0.478 e. The number of aryl methyl sites for hydroxylation is 1. The van der Waals surface area contributed by atoms with Gasteiger partial charge in [0, 0.05) is 12.7 Å². The number of aromatic carboxylic acids is 1. The normalized spacial score (nSPS) is 11.3. The fraction of sp³-hybridized carbons (Fsp3) is 0.167. The Kier molecular flexibility index (Phi) is 4.19. The van der Waals surface area contributed by atoms with E-state index in [1.165, 1.54) is 12.3 Å². The fourth-order valence-corrected chi connectivity index (χ4v) is 3.02. The van der Waals surface area contributed by atoms with Crippen LogP contribution in [-0.4, -0.2) is 29.3 Å². The zero-order valence-corrected chi connectivity index (χ0v) is 12.5. The van der Waals surface area contributed by atoms with Crippen molar-refractivity contribution in [2.75, 3.05) is 4.72 Å². The molecule has 0 fully saturated rings. The highest BCUT2D eigenvalue weighted by molar-refractivity contribution is 7.92. The van der Waals surface area contributed by atoms with Gasteiger partial charge in [-0.1, -0.05) is 11.6 Å². The summed E-state index contributed by atoms with van der Waals surface area (Å²) in [4.78, 5) is 10.7. The van der Waals surface area contributed by atoms with Gasteiger partial charge in [0.1, 0.15) is 0 Å². The Morgan fingerprint density at radius 1 is 1.48 bits per heavy atom. The number of hydrogen-bond acceptors (Lipinski definition) is 4. The van der Waals surface area contributed by atoms with Crippen LogP contribution in [0.1, 0.15) is 17.3 Å². The van der Waals surface area contributed by atoms with E-state index in [0.29, 0.717) is 12.2 Å². The number of nitrogens with zero attached hydrogens (tertiary/aromatic N) is 2. The molecule has 0 aliphatic rings. The quantitative estimate of drug-likeness (QED) is 0.874. The Balaban J connectivity index is 2.31. The Morgan fingerprint density at radius 2 is 2.19 bits per heavy atom. The van der Waals surface area contributed by atoms with Crippen molar-refractivity contribution < 1.29 is 18.3 Å². The number of rotatable bonds is 5. The number of anilines is 1. The Hall–Kier alpha value is -2.06. The van der Waals surface area contributed by atoms with Crippen LogP contribution in [-0.2, 0) is 16.6 Å². The van der Waals surface area contributed by atoms with E-state index < -0.39 is 16.0 Å². The van der Waals surface area contributed by atoms with Crippen molar-refractivity contribution in [2.45, 2.75) is 18.4 Å². The molecule has 0 bridgehead atoms. The van der Waals surface area contributed by atoms with Crippen LogP contribution in [0.5, 0.6) is 0 Å². The maximum Gasteiger partial charge on any atom is 0.337 e. The number of hydrogen-bond donors (Lipinski definition) is 2. The number of nitrogens with one attached hydrogen (secondary N) is 1. The molecule has 2 N–H and O–H groups in total. The first-order valence-corrected chi connectivity index (χ1v) is 7.77. The van der Waals surface area contributed by atoms with Gasteiger partial charge in [0.05, 0.1) is 27.4 Å². The van der Waals surface area contributed by atoms with E-state index in [2.05, 4.69) is 9.82 Å². The highest BCUT2D eigenvalue weighted by Crippen LogP contribution is 2.22. The van der Waals surface area contributed by atoms with Crippen molar-refractivity contribution in [2.24, 2.45) is 0 Å². The summed E-state index contributed by atoms with van der Waals surface area (Å²) in [5.41, 5.74) is 0.157. The monoisotopic (exact) mass is 329 g/mol. The van der Waals surface area contributed by atoms with E-state index >= 15 is 0 Å². The van der Waals surface area contributed by atoms with Gasteiger partial charge < -0.3 is 5.11 Å². The van der Waals surface area contributed by atoms with Gasteiger partial charge in [0.15, 0.2) is 0 Å². The first-order valence-electron chi connectivity index (χ1n) is 5.91. The van der Waals surface area contributed by atoms with Crippen molar-refractivity contribution in [1.82, 2.24) is 9.78 Å². The van der Waals surface area contributed by atoms with Crippen molar-refractivity contribution in [3.8, 4) is 0 Å². The molecule has 1 aromatic carbocycles. The SMILES string of the molecule is CCn1cc(NS(=O)(=O)c2ccc(C(=O)O)c(Cl)c2)cn1. The molecule has 0 amide bonds. The van der Waals surface area contributed by atoms with Crippen molar-refractivity contribution >= 4 is 33.3 Å². The van der Waals surface area contributed by atoms with E-state index in [-0.39, 0.29) is 15.5 Å². The van der Waals surface area contributed by atoms with E-state index in [4.69, 9.17) is 16.7 Å². The van der Waals surface area contributed by atoms with Crippen LogP contribution in [0.25, 0.3) is 0 Å². The van der Waals surface area contributed by atoms with Gasteiger partial charge in [-0.25, -0.2) is 13.2 Å². The second-order valence-electron chi connectivity index (χ2n) is 4.14. The fourth-order valence-electron chi connectivity index (χ4n) is 1.64. The Bertz CT molecular complexity index is 786. The molecule has 0 spiro atoms. The van der Waals surface area contributed by atoms with Crippen molar-refractivity contribution in [3.05, 3.63) is 41.2 Å². The third-order valence-corrected chi connectivity index (χ3v) is 4.38. The molecule has 0 unspecified atom stereocenters. The van der Waals surface area contributed by atoms with Crippen LogP contribution in [0.2, 0.25) is 5.02 Å². The topological polar surface area (TPSA) is 101 Å². The first-order chi connectivity index (χ1) is 9.83. The van der Waals surface area contributed by atoms with Gasteiger partial charge in [-0.15, -0.1) is 0 Å². The van der Waals surface area contributed by atoms with Crippen molar-refractivity contribution in [3.63, 3.8) is 0 Å². The number of carboxylic acids is 1. The summed E-state index contributed by atoms with van der Waals surface area (Å²) in [5, 5.41) is 12.7. The second kappa shape index (κ2) is 5.74. The minimum absolute atomic E-state index is 0.123. The molecule has 0 aliphatic heterocycles. The second-order valence-corrected chi connectivity index (χ2v) is 6.23. The molecule has 0 saturated heterocycles. The third-order valence-electron chi connectivity index (χ3n) is 2.69. The van der Waals surface area contributed by atoms with Crippen molar-refractivity contribution in [1.29, 1.82) is 0 Å². The number of aromatic nitrogens is 2. The lowest BCUT2D eigenvalue weighted by atomic mass is 10.2. The summed E-state index contributed by atoms with van der Waals surface area (Å²) >= 11 is 5.77. The van der Waals surface area contributed by atoms with Crippen LogP contribution in [0.4, 0.5) is 5.69 Å². The summed E-state index contributed by atoms with van der Waals surface area (Å²) in [5.74, 6) is -1.22. The molecule has 9 heteroatoms. The van der Waals surface area contributed by atoms with Gasteiger partial charge in [0.2, 0.25) is 0 Å². The number of benzene rings is 1. The standard InChI is InChI=1S/C12H12ClN3O4S/c1-2-16-7-8(6-14-16)15-21(19,20)9-3-4-10(12(17)18)11(13)5-9/h3-7,15H,2H2,1H3,(H,17,18). The average Bonchev–Trinajstić information content (AvgIpc) is 2.85. The van der Waals surface area contributed by atoms with E-state index in [1.807, 2.05) is 6.92 Å². The molecule has 112 valence electrons. The van der Waals surface area contributed by atoms with Gasteiger partial charge in [-0.3, -0.25) is 9.40 Å². The summed E-state index contributed by atoms with van der Waals surface area (Å²) in [6, 6.07) is 3.42. The molecule has 0 atom stereocenters. The van der Waals surface area contributed by atoms with E-state index in [9.17, 15) is 13.2 Å². The number of carbonyl (C=O) groups is 1. The molecular weight excluding hydrogens is 318 g/mol. The molecule has 0 saturated carbocycles. The lowest BCUT2D eigenvalue weighted by Gasteiger charge is -2.07. The predicted octanol–water partition coefficient (Wildman–Crippen LogP) is 2.06. The number of sulfonamides is 1. The first kappa shape index (κ1) is 15.3. The highest BCUT2D eigenvalue weighted by Gasteiger charge is 2.18. The van der Waals surface area contributed by atoms with Crippen LogP contribution in [0, 0.1) is 0 Å². The van der Waals surface area contributed by atoms with Gasteiger partial charge in [0.25, 0.3) is 10.0 Å². The largest absolute Gasteiger partial charge is 0.478 e. The molecule has 7 nitrogen and oxygen atoms in total. The van der Waals surface area contributed by atoms with Gasteiger partial charge >= 0.3 is 5.97 Å². The minimum atomic E-state index is -3.85. The number of carboxylic acid groups (broad SMARTS) is 1. The average molecular weight is 330 g/mol. The summed E-state index contributed by atoms with van der Waals surface area (Å²) in [6.07, 6.45) is 2.93. The molecule has 1 aromatic heterocycles.